The molecule has 0 saturated carbocycles. The van der Waals surface area contributed by atoms with Crippen molar-refractivity contribution in [1.82, 2.24) is 15.0 Å². The van der Waals surface area contributed by atoms with E-state index < -0.39 is 0 Å². The fraction of sp³-hybridized carbons (Fsp3) is 0.385. The molecule has 0 bridgehead atoms. The third-order valence-electron chi connectivity index (χ3n) is 3.03. The lowest BCUT2D eigenvalue weighted by Gasteiger charge is -2.25. The molecule has 0 aliphatic carbocycles. The van der Waals surface area contributed by atoms with Crippen LogP contribution in [0.1, 0.15) is 5.76 Å². The Bertz CT molecular complexity index is 552. The van der Waals surface area contributed by atoms with Crippen LogP contribution in [0.5, 0.6) is 0 Å². The lowest BCUT2D eigenvalue weighted by molar-refractivity contribution is 0.0305. The maximum absolute atomic E-state index is 5.94. The van der Waals surface area contributed by atoms with Gasteiger partial charge in [-0.1, -0.05) is 16.8 Å². The van der Waals surface area contributed by atoms with Crippen molar-refractivity contribution in [3.8, 4) is 11.4 Å². The number of hydrogen-bond donors (Lipinski definition) is 0. The van der Waals surface area contributed by atoms with Gasteiger partial charge in [-0.3, -0.25) is 9.88 Å². The van der Waals surface area contributed by atoms with Gasteiger partial charge in [0.15, 0.2) is 5.76 Å². The molecule has 19 heavy (non-hydrogen) atoms. The third-order valence-corrected chi connectivity index (χ3v) is 3.26. The first-order valence-electron chi connectivity index (χ1n) is 6.19. The van der Waals surface area contributed by atoms with E-state index in [-0.39, 0.29) is 0 Å². The molecule has 1 saturated heterocycles. The van der Waals surface area contributed by atoms with Gasteiger partial charge in [-0.2, -0.15) is 0 Å². The first-order chi connectivity index (χ1) is 9.31. The van der Waals surface area contributed by atoms with Gasteiger partial charge in [0.25, 0.3) is 0 Å². The Morgan fingerprint density at radius 2 is 2.05 bits per heavy atom. The molecule has 0 N–H and O–H groups in total. The van der Waals surface area contributed by atoms with Crippen LogP contribution in [0.3, 0.4) is 0 Å². The average Bonchev–Trinajstić information content (AvgIpc) is 2.88. The molecule has 3 rings (SSSR count). The van der Waals surface area contributed by atoms with E-state index in [0.29, 0.717) is 10.7 Å². The molecule has 0 radical (unpaired) electrons. The number of nitrogens with zero attached hydrogens (tertiary/aromatic N) is 3. The summed E-state index contributed by atoms with van der Waals surface area (Å²) in [6.07, 6.45) is 1.66. The van der Waals surface area contributed by atoms with E-state index in [1.165, 1.54) is 0 Å². The number of rotatable bonds is 3. The van der Waals surface area contributed by atoms with Crippen LogP contribution in [-0.4, -0.2) is 41.3 Å². The smallest absolute Gasteiger partial charge is 0.151 e. The van der Waals surface area contributed by atoms with Crippen molar-refractivity contribution in [1.29, 1.82) is 0 Å². The third kappa shape index (κ3) is 3.12. The Labute approximate surface area is 116 Å². The highest BCUT2D eigenvalue weighted by molar-refractivity contribution is 6.30. The molecule has 3 heterocycles. The minimum atomic E-state index is 0.641. The second-order valence-corrected chi connectivity index (χ2v) is 4.86. The second kappa shape index (κ2) is 5.69. The number of aromatic nitrogens is 2. The first-order valence-corrected chi connectivity index (χ1v) is 6.57. The van der Waals surface area contributed by atoms with Crippen LogP contribution in [0.25, 0.3) is 11.4 Å². The average molecular weight is 280 g/mol. The summed E-state index contributed by atoms with van der Waals surface area (Å²) in [5, 5.41) is 4.68. The van der Waals surface area contributed by atoms with Crippen LogP contribution in [-0.2, 0) is 11.3 Å². The molecule has 0 amide bonds. The molecule has 100 valence electrons. The predicted molar refractivity (Wildman–Crippen MR) is 70.8 cm³/mol. The number of ether oxygens (including phenoxy) is 1. The summed E-state index contributed by atoms with van der Waals surface area (Å²) in [4.78, 5) is 6.51. The summed E-state index contributed by atoms with van der Waals surface area (Å²) in [7, 11) is 0. The number of hydrogen-bond acceptors (Lipinski definition) is 5. The van der Waals surface area contributed by atoms with Gasteiger partial charge >= 0.3 is 0 Å². The molecule has 0 atom stereocenters. The van der Waals surface area contributed by atoms with E-state index in [4.69, 9.17) is 20.9 Å². The Balaban J connectivity index is 1.72. The molecule has 2 aromatic rings. The zero-order valence-corrected chi connectivity index (χ0v) is 11.1. The minimum Gasteiger partial charge on any atom is -0.379 e. The molecule has 0 aromatic carbocycles. The number of halogens is 1. The van der Waals surface area contributed by atoms with Gasteiger partial charge in [0.05, 0.1) is 25.5 Å². The molecule has 0 spiro atoms. The molecular weight excluding hydrogens is 266 g/mol. The van der Waals surface area contributed by atoms with E-state index in [0.717, 1.165) is 44.3 Å². The lowest BCUT2D eigenvalue weighted by atomic mass is 10.2. The van der Waals surface area contributed by atoms with Gasteiger partial charge in [0, 0.05) is 30.4 Å². The van der Waals surface area contributed by atoms with Crippen LogP contribution in [0, 0.1) is 0 Å². The highest BCUT2D eigenvalue weighted by atomic mass is 35.5. The fourth-order valence-corrected chi connectivity index (χ4v) is 2.19. The van der Waals surface area contributed by atoms with Crippen molar-refractivity contribution in [3.05, 3.63) is 35.2 Å². The van der Waals surface area contributed by atoms with Crippen LogP contribution in [0.4, 0.5) is 0 Å². The number of morpholine rings is 1. The maximum atomic E-state index is 5.94. The van der Waals surface area contributed by atoms with Gasteiger partial charge < -0.3 is 9.26 Å². The molecule has 2 aromatic heterocycles. The van der Waals surface area contributed by atoms with Crippen LogP contribution in [0.15, 0.2) is 28.9 Å². The summed E-state index contributed by atoms with van der Waals surface area (Å²) in [6.45, 7) is 4.14. The standard InChI is InChI=1S/C13H14ClN3O2/c14-10-1-2-15-12(7-10)13-8-11(19-16-13)9-17-3-5-18-6-4-17/h1-2,7-8H,3-6,9H2. The van der Waals surface area contributed by atoms with Crippen molar-refractivity contribution in [3.63, 3.8) is 0 Å². The molecule has 1 aliphatic rings. The Morgan fingerprint density at radius 1 is 1.21 bits per heavy atom. The maximum Gasteiger partial charge on any atom is 0.151 e. The van der Waals surface area contributed by atoms with E-state index in [9.17, 15) is 0 Å². The van der Waals surface area contributed by atoms with Crippen molar-refractivity contribution in [2.24, 2.45) is 0 Å². The quantitative estimate of drug-likeness (QED) is 0.862. The Hall–Kier alpha value is -1.43. The van der Waals surface area contributed by atoms with E-state index in [1.807, 2.05) is 6.07 Å². The van der Waals surface area contributed by atoms with Crippen molar-refractivity contribution in [2.75, 3.05) is 26.3 Å². The van der Waals surface area contributed by atoms with E-state index >= 15 is 0 Å². The molecular formula is C13H14ClN3O2. The molecule has 5 nitrogen and oxygen atoms in total. The van der Waals surface area contributed by atoms with Gasteiger partial charge in [0.2, 0.25) is 0 Å². The van der Waals surface area contributed by atoms with Gasteiger partial charge in [-0.15, -0.1) is 0 Å². The monoisotopic (exact) mass is 279 g/mol. The first kappa shape index (κ1) is 12.6. The predicted octanol–water partition coefficient (Wildman–Crippen LogP) is 2.22. The minimum absolute atomic E-state index is 0.641. The van der Waals surface area contributed by atoms with Gasteiger partial charge in [0.1, 0.15) is 5.69 Å². The summed E-state index contributed by atoms with van der Waals surface area (Å²) >= 11 is 5.94. The lowest BCUT2D eigenvalue weighted by Crippen LogP contribution is -2.35. The SMILES string of the molecule is Clc1ccnc(-c2cc(CN3CCOCC3)on2)c1. The summed E-state index contributed by atoms with van der Waals surface area (Å²) in [5.41, 5.74) is 1.44. The van der Waals surface area contributed by atoms with Gasteiger partial charge in [-0.25, -0.2) is 0 Å². The topological polar surface area (TPSA) is 51.4 Å². The zero-order valence-electron chi connectivity index (χ0n) is 10.4. The molecule has 1 aliphatic heterocycles. The van der Waals surface area contributed by atoms with Crippen LogP contribution in [0.2, 0.25) is 5.02 Å². The number of pyridine rings is 1. The Morgan fingerprint density at radius 3 is 2.84 bits per heavy atom. The van der Waals surface area contributed by atoms with Crippen LogP contribution >= 0.6 is 11.6 Å². The van der Waals surface area contributed by atoms with E-state index in [1.54, 1.807) is 18.3 Å². The summed E-state index contributed by atoms with van der Waals surface area (Å²) < 4.78 is 10.7. The largest absolute Gasteiger partial charge is 0.379 e. The summed E-state index contributed by atoms with van der Waals surface area (Å²) in [6, 6.07) is 5.42. The molecule has 6 heteroatoms. The van der Waals surface area contributed by atoms with Gasteiger partial charge in [-0.05, 0) is 12.1 Å². The van der Waals surface area contributed by atoms with Crippen molar-refractivity contribution < 1.29 is 9.26 Å². The van der Waals surface area contributed by atoms with Crippen molar-refractivity contribution >= 4 is 11.6 Å². The Kier molecular flexibility index (Phi) is 3.77. The normalized spacial score (nSPS) is 16.7. The fourth-order valence-electron chi connectivity index (χ4n) is 2.03. The molecule has 0 unspecified atom stereocenters. The highest BCUT2D eigenvalue weighted by Gasteiger charge is 2.14. The highest BCUT2D eigenvalue weighted by Crippen LogP contribution is 2.20. The van der Waals surface area contributed by atoms with Crippen molar-refractivity contribution in [2.45, 2.75) is 6.54 Å². The van der Waals surface area contributed by atoms with Crippen LogP contribution < -0.4 is 0 Å². The zero-order chi connectivity index (χ0) is 13.1. The second-order valence-electron chi connectivity index (χ2n) is 4.43. The van der Waals surface area contributed by atoms with E-state index in [2.05, 4.69) is 15.0 Å². The molecule has 1 fully saturated rings. The summed E-state index contributed by atoms with van der Waals surface area (Å²) in [5.74, 6) is 0.832.